The number of likely N-dealkylation sites (N-methyl/N-ethyl adjacent to an activating group) is 1. The maximum absolute atomic E-state index is 13.1. The lowest BCUT2D eigenvalue weighted by Crippen LogP contribution is -2.36. The van der Waals surface area contributed by atoms with E-state index in [9.17, 15) is 4.79 Å². The normalized spacial score (nSPS) is 14.0. The third-order valence-electron chi connectivity index (χ3n) is 4.79. The third-order valence-corrected chi connectivity index (χ3v) is 4.79. The van der Waals surface area contributed by atoms with Gasteiger partial charge in [-0.05, 0) is 25.1 Å². The Morgan fingerprint density at radius 2 is 1.57 bits per heavy atom. The molecule has 2 nitrogen and oxygen atoms in total. The molecule has 1 unspecified atom stereocenters. The number of nitrogens with zero attached hydrogens (tertiary/aromatic N) is 1. The van der Waals surface area contributed by atoms with Gasteiger partial charge >= 0.3 is 0 Å². The molecule has 0 fully saturated rings. The van der Waals surface area contributed by atoms with Crippen LogP contribution in [0.2, 0.25) is 0 Å². The van der Waals surface area contributed by atoms with Gasteiger partial charge in [0.2, 0.25) is 0 Å². The van der Waals surface area contributed by atoms with Gasteiger partial charge in [0.05, 0.1) is 6.04 Å². The Labute approximate surface area is 143 Å². The summed E-state index contributed by atoms with van der Waals surface area (Å²) in [4.78, 5) is 15.4. The van der Waals surface area contributed by atoms with Gasteiger partial charge < -0.3 is 0 Å². The molecule has 0 saturated heterocycles. The van der Waals surface area contributed by atoms with E-state index < -0.39 is 0 Å². The van der Waals surface area contributed by atoms with Gasteiger partial charge in [-0.3, -0.25) is 9.69 Å². The number of hydrogen-bond donors (Lipinski definition) is 0. The standard InChI is InChI=1S/C21H35NO/c1-5-8-9-10-12-15-18(4)21(23)20(22(6-2)7-3)19-16-13-11-14-17-19/h11,13-14,16-18,20H,5-10,12,15H2,1-4H3/t18?,20-/m1/s1. The van der Waals surface area contributed by atoms with Gasteiger partial charge in [-0.1, -0.05) is 90.1 Å². The molecule has 1 rings (SSSR count). The second-order valence-electron chi connectivity index (χ2n) is 6.54. The lowest BCUT2D eigenvalue weighted by Gasteiger charge is -2.31. The maximum atomic E-state index is 13.1. The average Bonchev–Trinajstić information content (AvgIpc) is 2.59. The lowest BCUT2D eigenvalue weighted by atomic mass is 9.89. The Kier molecular flexibility index (Phi) is 9.86. The second-order valence-corrected chi connectivity index (χ2v) is 6.54. The zero-order valence-corrected chi connectivity index (χ0v) is 15.6. The van der Waals surface area contributed by atoms with E-state index in [4.69, 9.17) is 0 Å². The van der Waals surface area contributed by atoms with Gasteiger partial charge in [-0.25, -0.2) is 0 Å². The van der Waals surface area contributed by atoms with Crippen LogP contribution in [0.1, 0.15) is 77.8 Å². The first-order valence-corrected chi connectivity index (χ1v) is 9.48. The molecular formula is C21H35NO. The number of benzene rings is 1. The van der Waals surface area contributed by atoms with E-state index in [2.05, 4.69) is 44.7 Å². The highest BCUT2D eigenvalue weighted by molar-refractivity contribution is 5.87. The van der Waals surface area contributed by atoms with E-state index in [-0.39, 0.29) is 12.0 Å². The molecule has 23 heavy (non-hydrogen) atoms. The molecular weight excluding hydrogens is 282 g/mol. The molecule has 0 saturated carbocycles. The van der Waals surface area contributed by atoms with Crippen LogP contribution in [0.4, 0.5) is 0 Å². The number of Topliss-reactive ketones (excluding diaryl/α,β-unsaturated/α-hetero) is 1. The predicted molar refractivity (Wildman–Crippen MR) is 99.7 cm³/mol. The minimum absolute atomic E-state index is 0.0863. The summed E-state index contributed by atoms with van der Waals surface area (Å²) in [6.07, 6.45) is 7.34. The van der Waals surface area contributed by atoms with Gasteiger partial charge in [0.25, 0.3) is 0 Å². The molecule has 130 valence electrons. The van der Waals surface area contributed by atoms with Crippen LogP contribution in [-0.4, -0.2) is 23.8 Å². The summed E-state index contributed by atoms with van der Waals surface area (Å²) >= 11 is 0. The average molecular weight is 318 g/mol. The summed E-state index contributed by atoms with van der Waals surface area (Å²) in [6, 6.07) is 10.2. The van der Waals surface area contributed by atoms with Crippen LogP contribution in [0, 0.1) is 5.92 Å². The summed E-state index contributed by atoms with van der Waals surface area (Å²) < 4.78 is 0. The maximum Gasteiger partial charge on any atom is 0.157 e. The summed E-state index contributed by atoms with van der Waals surface area (Å²) in [7, 11) is 0. The largest absolute Gasteiger partial charge is 0.297 e. The van der Waals surface area contributed by atoms with Crippen molar-refractivity contribution in [3.63, 3.8) is 0 Å². The molecule has 0 aliphatic carbocycles. The van der Waals surface area contributed by atoms with E-state index in [0.717, 1.165) is 25.1 Å². The number of ketones is 1. The number of carbonyl (C=O) groups is 1. The van der Waals surface area contributed by atoms with Crippen LogP contribution in [0.25, 0.3) is 0 Å². The van der Waals surface area contributed by atoms with Crippen molar-refractivity contribution in [1.29, 1.82) is 0 Å². The zero-order chi connectivity index (χ0) is 17.1. The van der Waals surface area contributed by atoms with Crippen LogP contribution in [0.3, 0.4) is 0 Å². The van der Waals surface area contributed by atoms with Crippen molar-refractivity contribution in [1.82, 2.24) is 4.90 Å². The highest BCUT2D eigenvalue weighted by Crippen LogP contribution is 2.26. The molecule has 0 amide bonds. The fourth-order valence-electron chi connectivity index (χ4n) is 3.24. The van der Waals surface area contributed by atoms with Crippen LogP contribution in [-0.2, 0) is 4.79 Å². The summed E-state index contributed by atoms with van der Waals surface area (Å²) in [5.41, 5.74) is 1.14. The zero-order valence-electron chi connectivity index (χ0n) is 15.6. The van der Waals surface area contributed by atoms with Gasteiger partial charge in [0.15, 0.2) is 5.78 Å². The second kappa shape index (κ2) is 11.4. The van der Waals surface area contributed by atoms with E-state index in [1.54, 1.807) is 0 Å². The molecule has 0 heterocycles. The van der Waals surface area contributed by atoms with Crippen molar-refractivity contribution >= 4 is 5.78 Å². The first kappa shape index (κ1) is 19.9. The fraction of sp³-hybridized carbons (Fsp3) is 0.667. The monoisotopic (exact) mass is 317 g/mol. The first-order chi connectivity index (χ1) is 11.2. The Morgan fingerprint density at radius 3 is 2.13 bits per heavy atom. The molecule has 2 atom stereocenters. The van der Waals surface area contributed by atoms with E-state index in [1.807, 2.05) is 18.2 Å². The summed E-state index contributed by atoms with van der Waals surface area (Å²) in [5, 5.41) is 0. The Bertz CT molecular complexity index is 425. The van der Waals surface area contributed by atoms with Crippen LogP contribution >= 0.6 is 0 Å². The van der Waals surface area contributed by atoms with Crippen molar-refractivity contribution < 1.29 is 4.79 Å². The molecule has 0 radical (unpaired) electrons. The van der Waals surface area contributed by atoms with Crippen molar-refractivity contribution in [3.05, 3.63) is 35.9 Å². The van der Waals surface area contributed by atoms with E-state index in [0.29, 0.717) is 5.78 Å². The quantitative estimate of drug-likeness (QED) is 0.465. The Balaban J connectivity index is 2.71. The molecule has 0 aliphatic rings. The Morgan fingerprint density at radius 1 is 0.957 bits per heavy atom. The first-order valence-electron chi connectivity index (χ1n) is 9.48. The van der Waals surface area contributed by atoms with E-state index >= 15 is 0 Å². The smallest absolute Gasteiger partial charge is 0.157 e. The molecule has 0 aromatic heterocycles. The fourth-order valence-corrected chi connectivity index (χ4v) is 3.24. The third kappa shape index (κ3) is 6.47. The van der Waals surface area contributed by atoms with Gasteiger partial charge in [0, 0.05) is 5.92 Å². The number of unbranched alkanes of at least 4 members (excludes halogenated alkanes) is 4. The van der Waals surface area contributed by atoms with Crippen molar-refractivity contribution in [2.45, 2.75) is 72.3 Å². The predicted octanol–water partition coefficient (Wildman–Crippen LogP) is 5.64. The van der Waals surface area contributed by atoms with Gasteiger partial charge in [0.1, 0.15) is 0 Å². The van der Waals surface area contributed by atoms with Gasteiger partial charge in [-0.2, -0.15) is 0 Å². The number of carbonyl (C=O) groups excluding carboxylic acids is 1. The van der Waals surface area contributed by atoms with Crippen molar-refractivity contribution in [2.24, 2.45) is 5.92 Å². The highest BCUT2D eigenvalue weighted by Gasteiger charge is 2.28. The van der Waals surface area contributed by atoms with Crippen molar-refractivity contribution in [3.8, 4) is 0 Å². The molecule has 2 heteroatoms. The minimum atomic E-state index is -0.0863. The molecule has 1 aromatic rings. The SMILES string of the molecule is CCCCCCCC(C)C(=O)[C@@H](c1ccccc1)N(CC)CC. The number of rotatable bonds is 12. The molecule has 0 N–H and O–H groups in total. The molecule has 1 aromatic carbocycles. The van der Waals surface area contributed by atoms with Crippen LogP contribution in [0.15, 0.2) is 30.3 Å². The van der Waals surface area contributed by atoms with Gasteiger partial charge in [-0.15, -0.1) is 0 Å². The highest BCUT2D eigenvalue weighted by atomic mass is 16.1. The minimum Gasteiger partial charge on any atom is -0.297 e. The van der Waals surface area contributed by atoms with Crippen molar-refractivity contribution in [2.75, 3.05) is 13.1 Å². The molecule has 0 bridgehead atoms. The van der Waals surface area contributed by atoms with E-state index in [1.165, 1.54) is 32.1 Å². The van der Waals surface area contributed by atoms with Crippen LogP contribution in [0.5, 0.6) is 0 Å². The number of hydrogen-bond acceptors (Lipinski definition) is 2. The lowest BCUT2D eigenvalue weighted by molar-refractivity contribution is -0.128. The Hall–Kier alpha value is -1.15. The van der Waals surface area contributed by atoms with Crippen LogP contribution < -0.4 is 0 Å². The molecule has 0 spiro atoms. The summed E-state index contributed by atoms with van der Waals surface area (Å²) in [5.74, 6) is 0.526. The summed E-state index contributed by atoms with van der Waals surface area (Å²) in [6.45, 7) is 10.4. The molecule has 0 aliphatic heterocycles. The topological polar surface area (TPSA) is 20.3 Å².